The van der Waals surface area contributed by atoms with Crippen molar-refractivity contribution >= 4 is 15.7 Å². The van der Waals surface area contributed by atoms with Gasteiger partial charge in [0.05, 0.1) is 11.8 Å². The lowest BCUT2D eigenvalue weighted by atomic mass is 10.2. The van der Waals surface area contributed by atoms with Gasteiger partial charge in [-0.05, 0) is 27.2 Å². The van der Waals surface area contributed by atoms with Gasteiger partial charge < -0.3 is 10.6 Å². The molecular weight excluding hydrogens is 228 g/mol. The molecule has 5 nitrogen and oxygen atoms in total. The molecule has 1 amide bonds. The van der Waals surface area contributed by atoms with E-state index < -0.39 is 15.9 Å². The van der Waals surface area contributed by atoms with E-state index >= 15 is 0 Å². The number of carbonyl (C=O) groups is 1. The second-order valence-electron chi connectivity index (χ2n) is 4.24. The van der Waals surface area contributed by atoms with E-state index in [2.05, 4.69) is 0 Å². The van der Waals surface area contributed by atoms with Gasteiger partial charge in [0.15, 0.2) is 0 Å². The third-order valence-corrected chi connectivity index (χ3v) is 3.34. The molecule has 6 heteroatoms. The number of nitrogens with zero attached hydrogens (tertiary/aromatic N) is 1. The highest BCUT2D eigenvalue weighted by Crippen LogP contribution is 2.04. The van der Waals surface area contributed by atoms with Crippen LogP contribution >= 0.6 is 0 Å². The van der Waals surface area contributed by atoms with Crippen LogP contribution in [0.25, 0.3) is 0 Å². The Labute approximate surface area is 97.9 Å². The van der Waals surface area contributed by atoms with Gasteiger partial charge in [-0.15, -0.1) is 0 Å². The fourth-order valence-corrected chi connectivity index (χ4v) is 2.14. The van der Waals surface area contributed by atoms with Gasteiger partial charge in [0, 0.05) is 18.8 Å². The zero-order valence-corrected chi connectivity index (χ0v) is 11.3. The summed E-state index contributed by atoms with van der Waals surface area (Å²) < 4.78 is 21.9. The molecule has 96 valence electrons. The van der Waals surface area contributed by atoms with E-state index in [1.54, 1.807) is 4.90 Å². The fourth-order valence-electron chi connectivity index (χ4n) is 1.45. The third kappa shape index (κ3) is 5.46. The van der Waals surface area contributed by atoms with E-state index in [1.165, 1.54) is 0 Å². The van der Waals surface area contributed by atoms with E-state index in [4.69, 9.17) is 5.73 Å². The molecule has 0 heterocycles. The van der Waals surface area contributed by atoms with Crippen LogP contribution in [0.15, 0.2) is 0 Å². The van der Waals surface area contributed by atoms with Crippen molar-refractivity contribution in [3.63, 3.8) is 0 Å². The molecule has 0 aliphatic heterocycles. The van der Waals surface area contributed by atoms with Gasteiger partial charge in [0.1, 0.15) is 9.84 Å². The van der Waals surface area contributed by atoms with E-state index in [-0.39, 0.29) is 24.1 Å². The van der Waals surface area contributed by atoms with Crippen LogP contribution in [-0.4, -0.2) is 49.9 Å². The van der Waals surface area contributed by atoms with Crippen LogP contribution in [0, 0.1) is 0 Å². The summed E-state index contributed by atoms with van der Waals surface area (Å²) >= 11 is 0. The first-order valence-corrected chi connectivity index (χ1v) is 7.48. The van der Waals surface area contributed by atoms with Gasteiger partial charge >= 0.3 is 0 Å². The van der Waals surface area contributed by atoms with Crippen molar-refractivity contribution in [1.82, 2.24) is 4.90 Å². The van der Waals surface area contributed by atoms with Crippen molar-refractivity contribution < 1.29 is 13.2 Å². The van der Waals surface area contributed by atoms with Gasteiger partial charge in [-0.2, -0.15) is 0 Å². The van der Waals surface area contributed by atoms with Crippen molar-refractivity contribution in [3.05, 3.63) is 0 Å². The standard InChI is InChI=1S/C10H22N2O3S/c1-5-12(8(2)3)10(13)9(11)6-7-16(4,14)15/h8-9H,5-7,11H2,1-4H3. The predicted octanol–water partition coefficient (Wildman–Crippen LogP) is 0.00530. The minimum absolute atomic E-state index is 0.0461. The molecule has 0 aromatic heterocycles. The highest BCUT2D eigenvalue weighted by molar-refractivity contribution is 7.90. The Morgan fingerprint density at radius 3 is 2.19 bits per heavy atom. The molecule has 1 atom stereocenters. The largest absolute Gasteiger partial charge is 0.339 e. The van der Waals surface area contributed by atoms with Gasteiger partial charge in [-0.1, -0.05) is 0 Å². The summed E-state index contributed by atoms with van der Waals surface area (Å²) in [5.74, 6) is -0.226. The lowest BCUT2D eigenvalue weighted by molar-refractivity contribution is -0.134. The van der Waals surface area contributed by atoms with Crippen LogP contribution < -0.4 is 5.73 Å². The van der Waals surface area contributed by atoms with Gasteiger partial charge in [0.2, 0.25) is 5.91 Å². The molecule has 0 bridgehead atoms. The second-order valence-corrected chi connectivity index (χ2v) is 6.50. The molecule has 0 saturated heterocycles. The Morgan fingerprint density at radius 1 is 1.38 bits per heavy atom. The van der Waals surface area contributed by atoms with Crippen molar-refractivity contribution in [3.8, 4) is 0 Å². The third-order valence-electron chi connectivity index (χ3n) is 2.36. The molecule has 0 aliphatic rings. The maximum atomic E-state index is 11.8. The minimum atomic E-state index is -3.06. The number of sulfone groups is 1. The number of hydrogen-bond acceptors (Lipinski definition) is 4. The Bertz CT molecular complexity index is 325. The van der Waals surface area contributed by atoms with Crippen LogP contribution in [0.1, 0.15) is 27.2 Å². The second kappa shape index (κ2) is 6.20. The van der Waals surface area contributed by atoms with Crippen LogP contribution in [0.3, 0.4) is 0 Å². The summed E-state index contributed by atoms with van der Waals surface area (Å²) in [7, 11) is -3.06. The van der Waals surface area contributed by atoms with Crippen molar-refractivity contribution in [1.29, 1.82) is 0 Å². The molecule has 0 rings (SSSR count). The molecule has 0 aromatic rings. The molecule has 0 radical (unpaired) electrons. The zero-order chi connectivity index (χ0) is 12.9. The predicted molar refractivity (Wildman–Crippen MR) is 64.8 cm³/mol. The molecule has 0 fully saturated rings. The molecule has 1 unspecified atom stereocenters. The average molecular weight is 250 g/mol. The van der Waals surface area contributed by atoms with E-state index in [0.717, 1.165) is 6.26 Å². The molecule has 0 spiro atoms. The molecular formula is C10H22N2O3S. The van der Waals surface area contributed by atoms with Gasteiger partial charge in [-0.3, -0.25) is 4.79 Å². The number of likely N-dealkylation sites (N-methyl/N-ethyl adjacent to an activating group) is 1. The smallest absolute Gasteiger partial charge is 0.239 e. The van der Waals surface area contributed by atoms with E-state index in [9.17, 15) is 13.2 Å². The van der Waals surface area contributed by atoms with Gasteiger partial charge in [-0.25, -0.2) is 8.42 Å². The molecule has 2 N–H and O–H groups in total. The van der Waals surface area contributed by atoms with Crippen LogP contribution in [0.2, 0.25) is 0 Å². The summed E-state index contributed by atoms with van der Waals surface area (Å²) in [5.41, 5.74) is 5.68. The van der Waals surface area contributed by atoms with Gasteiger partial charge in [0.25, 0.3) is 0 Å². The summed E-state index contributed by atoms with van der Waals surface area (Å²) in [4.78, 5) is 13.5. The Morgan fingerprint density at radius 2 is 1.88 bits per heavy atom. The lowest BCUT2D eigenvalue weighted by Gasteiger charge is -2.27. The number of carbonyl (C=O) groups excluding carboxylic acids is 1. The number of nitrogens with two attached hydrogens (primary N) is 1. The number of amides is 1. The summed E-state index contributed by atoms with van der Waals surface area (Å²) in [6.45, 7) is 6.28. The maximum absolute atomic E-state index is 11.8. The first-order valence-electron chi connectivity index (χ1n) is 5.42. The van der Waals surface area contributed by atoms with E-state index in [1.807, 2.05) is 20.8 Å². The average Bonchev–Trinajstić information content (AvgIpc) is 2.13. The van der Waals surface area contributed by atoms with Crippen LogP contribution in [0.4, 0.5) is 0 Å². The quantitative estimate of drug-likeness (QED) is 0.720. The number of hydrogen-bond donors (Lipinski definition) is 1. The zero-order valence-electron chi connectivity index (χ0n) is 10.4. The Hall–Kier alpha value is -0.620. The highest BCUT2D eigenvalue weighted by atomic mass is 32.2. The normalized spacial score (nSPS) is 13.9. The topological polar surface area (TPSA) is 80.5 Å². The minimum Gasteiger partial charge on any atom is -0.339 e. The summed E-state index contributed by atoms with van der Waals surface area (Å²) in [6.07, 6.45) is 1.32. The first-order chi connectivity index (χ1) is 7.19. The summed E-state index contributed by atoms with van der Waals surface area (Å²) in [5, 5.41) is 0. The van der Waals surface area contributed by atoms with Crippen molar-refractivity contribution in [2.24, 2.45) is 5.73 Å². The monoisotopic (exact) mass is 250 g/mol. The van der Waals surface area contributed by atoms with Crippen LogP contribution in [-0.2, 0) is 14.6 Å². The fraction of sp³-hybridized carbons (Fsp3) is 0.900. The Kier molecular flexibility index (Phi) is 5.96. The molecule has 0 aromatic carbocycles. The first kappa shape index (κ1) is 15.4. The molecule has 0 aliphatic carbocycles. The number of rotatable bonds is 6. The van der Waals surface area contributed by atoms with E-state index in [0.29, 0.717) is 6.54 Å². The lowest BCUT2D eigenvalue weighted by Crippen LogP contribution is -2.47. The maximum Gasteiger partial charge on any atom is 0.239 e. The van der Waals surface area contributed by atoms with Crippen molar-refractivity contribution in [2.75, 3.05) is 18.6 Å². The summed E-state index contributed by atoms with van der Waals surface area (Å²) in [6, 6.07) is -0.640. The molecule has 0 saturated carbocycles. The Balaban J connectivity index is 4.38. The molecule has 16 heavy (non-hydrogen) atoms. The highest BCUT2D eigenvalue weighted by Gasteiger charge is 2.22. The van der Waals surface area contributed by atoms with Crippen LogP contribution in [0.5, 0.6) is 0 Å². The SMILES string of the molecule is CCN(C(=O)C(N)CCS(C)(=O)=O)C(C)C. The van der Waals surface area contributed by atoms with Crippen molar-refractivity contribution in [2.45, 2.75) is 39.3 Å².